The number of hydrogen-bond donors (Lipinski definition) is 1. The first-order valence-corrected chi connectivity index (χ1v) is 4.63. The minimum atomic E-state index is -4.53. The van der Waals surface area contributed by atoms with Crippen LogP contribution in [0.15, 0.2) is 0 Å². The van der Waals surface area contributed by atoms with Crippen LogP contribution in [0.2, 0.25) is 0 Å². The number of hydrogen-bond acceptors (Lipinski definition) is 3. The van der Waals surface area contributed by atoms with E-state index in [-0.39, 0.29) is 32.0 Å². The summed E-state index contributed by atoms with van der Waals surface area (Å²) in [7, 11) is 0. The predicted octanol–water partition coefficient (Wildman–Crippen LogP) is 0.507. The molecule has 0 aliphatic carbocycles. The third-order valence-electron chi connectivity index (χ3n) is 1.93. The smallest absolute Gasteiger partial charge is 0.422 e. The molecule has 1 rings (SSSR count). The summed E-state index contributed by atoms with van der Waals surface area (Å²) in [5, 5.41) is 2.49. The molecule has 1 N–H and O–H groups in total. The maximum atomic E-state index is 11.8. The Morgan fingerprint density at radius 1 is 1.44 bits per heavy atom. The second kappa shape index (κ2) is 5.04. The van der Waals surface area contributed by atoms with Gasteiger partial charge in [0.2, 0.25) is 5.91 Å². The van der Waals surface area contributed by atoms with Crippen LogP contribution in [0.4, 0.5) is 18.0 Å². The quantitative estimate of drug-likeness (QED) is 0.726. The van der Waals surface area contributed by atoms with E-state index in [1.54, 1.807) is 0 Å². The molecule has 92 valence electrons. The first-order valence-electron chi connectivity index (χ1n) is 4.63. The average molecular weight is 240 g/mol. The normalized spacial score (nSPS) is 17.7. The molecule has 8 heteroatoms. The Kier molecular flexibility index (Phi) is 3.97. The molecule has 0 radical (unpaired) electrons. The fourth-order valence-electron chi connectivity index (χ4n) is 1.18. The highest BCUT2D eigenvalue weighted by atomic mass is 19.4. The molecule has 5 nitrogen and oxygen atoms in total. The van der Waals surface area contributed by atoms with E-state index in [0.717, 1.165) is 4.90 Å². The lowest BCUT2D eigenvalue weighted by Crippen LogP contribution is -2.36. The molecule has 1 saturated heterocycles. The number of alkyl halides is 3. The van der Waals surface area contributed by atoms with Crippen molar-refractivity contribution >= 4 is 12.0 Å². The maximum Gasteiger partial charge on any atom is 0.422 e. The van der Waals surface area contributed by atoms with Gasteiger partial charge in [-0.1, -0.05) is 0 Å². The zero-order valence-corrected chi connectivity index (χ0v) is 8.34. The zero-order valence-electron chi connectivity index (χ0n) is 8.34. The van der Waals surface area contributed by atoms with Gasteiger partial charge in [-0.15, -0.1) is 0 Å². The van der Waals surface area contributed by atoms with Gasteiger partial charge in [0.25, 0.3) is 0 Å². The summed E-state index contributed by atoms with van der Waals surface area (Å²) in [5.41, 5.74) is 0. The highest BCUT2D eigenvalue weighted by Gasteiger charge is 2.31. The van der Waals surface area contributed by atoms with E-state index in [1.165, 1.54) is 0 Å². The summed E-state index contributed by atoms with van der Waals surface area (Å²) in [6, 6.07) is 0. The van der Waals surface area contributed by atoms with E-state index >= 15 is 0 Å². The number of rotatable bonds is 1. The Morgan fingerprint density at radius 2 is 2.12 bits per heavy atom. The summed E-state index contributed by atoms with van der Waals surface area (Å²) in [6.07, 6.45) is -5.51. The van der Waals surface area contributed by atoms with E-state index in [2.05, 4.69) is 10.1 Å². The second-order valence-corrected chi connectivity index (χ2v) is 3.26. The molecule has 0 saturated carbocycles. The van der Waals surface area contributed by atoms with Gasteiger partial charge in [-0.25, -0.2) is 4.79 Å². The zero-order chi connectivity index (χ0) is 12.2. The van der Waals surface area contributed by atoms with Crippen molar-refractivity contribution in [1.29, 1.82) is 0 Å². The maximum absolute atomic E-state index is 11.8. The Hall–Kier alpha value is -1.47. The van der Waals surface area contributed by atoms with Crippen LogP contribution < -0.4 is 5.32 Å². The average Bonchev–Trinajstić information content (AvgIpc) is 2.38. The first-order chi connectivity index (χ1) is 7.38. The van der Waals surface area contributed by atoms with E-state index in [0.29, 0.717) is 0 Å². The molecule has 0 aromatic carbocycles. The summed E-state index contributed by atoms with van der Waals surface area (Å²) in [6.45, 7) is -1.16. The van der Waals surface area contributed by atoms with Crippen molar-refractivity contribution in [2.45, 2.75) is 12.6 Å². The molecule has 0 bridgehead atoms. The Balaban J connectivity index is 2.38. The third-order valence-corrected chi connectivity index (χ3v) is 1.93. The van der Waals surface area contributed by atoms with Gasteiger partial charge < -0.3 is 15.0 Å². The Bertz CT molecular complexity index is 280. The highest BCUT2D eigenvalue weighted by Crippen LogP contribution is 2.15. The first kappa shape index (κ1) is 12.6. The predicted molar refractivity (Wildman–Crippen MR) is 46.6 cm³/mol. The fraction of sp³-hybridized carbons (Fsp3) is 0.750. The number of amides is 2. The highest BCUT2D eigenvalue weighted by molar-refractivity contribution is 5.77. The van der Waals surface area contributed by atoms with Gasteiger partial charge in [-0.3, -0.25) is 4.79 Å². The number of carbonyl (C=O) groups excluding carboxylic acids is 2. The number of carbonyl (C=O) groups is 2. The van der Waals surface area contributed by atoms with Crippen molar-refractivity contribution in [1.82, 2.24) is 10.2 Å². The van der Waals surface area contributed by atoms with Crippen LogP contribution in [0.5, 0.6) is 0 Å². The van der Waals surface area contributed by atoms with Crippen molar-refractivity contribution in [2.24, 2.45) is 0 Å². The van der Waals surface area contributed by atoms with Crippen LogP contribution in [0.1, 0.15) is 6.42 Å². The minimum Gasteiger partial charge on any atom is -0.440 e. The van der Waals surface area contributed by atoms with Crippen molar-refractivity contribution in [2.75, 3.05) is 26.2 Å². The van der Waals surface area contributed by atoms with Crippen molar-refractivity contribution in [3.05, 3.63) is 0 Å². The topological polar surface area (TPSA) is 58.6 Å². The van der Waals surface area contributed by atoms with Crippen LogP contribution in [-0.4, -0.2) is 49.3 Å². The van der Waals surface area contributed by atoms with Crippen LogP contribution in [-0.2, 0) is 9.53 Å². The van der Waals surface area contributed by atoms with E-state index < -0.39 is 18.9 Å². The van der Waals surface area contributed by atoms with Gasteiger partial charge >= 0.3 is 12.3 Å². The Morgan fingerprint density at radius 3 is 2.75 bits per heavy atom. The number of nitrogens with one attached hydrogen (secondary N) is 1. The summed E-state index contributed by atoms with van der Waals surface area (Å²) >= 11 is 0. The molecule has 0 aromatic rings. The molecule has 0 unspecified atom stereocenters. The molecule has 1 heterocycles. The van der Waals surface area contributed by atoms with Gasteiger partial charge in [-0.05, 0) is 0 Å². The molecular weight excluding hydrogens is 229 g/mol. The molecule has 0 atom stereocenters. The van der Waals surface area contributed by atoms with Gasteiger partial charge in [0.05, 0.1) is 0 Å². The fourth-order valence-corrected chi connectivity index (χ4v) is 1.18. The van der Waals surface area contributed by atoms with Gasteiger partial charge in [-0.2, -0.15) is 13.2 Å². The lowest BCUT2D eigenvalue weighted by atomic mass is 10.4. The standard InChI is InChI=1S/C8H11F3N2O3/c9-8(10,11)5-16-7(15)13-3-1-6(14)12-2-4-13/h1-5H2,(H,12,14). The SMILES string of the molecule is O=C1CCN(C(=O)OCC(F)(F)F)CCN1. The lowest BCUT2D eigenvalue weighted by Gasteiger charge is -2.19. The van der Waals surface area contributed by atoms with E-state index in [1.807, 2.05) is 0 Å². The molecule has 0 spiro atoms. The summed E-state index contributed by atoms with van der Waals surface area (Å²) in [4.78, 5) is 23.1. The van der Waals surface area contributed by atoms with Gasteiger partial charge in [0.1, 0.15) is 0 Å². The second-order valence-electron chi connectivity index (χ2n) is 3.26. The molecule has 1 aliphatic rings. The molecule has 16 heavy (non-hydrogen) atoms. The largest absolute Gasteiger partial charge is 0.440 e. The molecule has 1 aliphatic heterocycles. The van der Waals surface area contributed by atoms with Crippen LogP contribution >= 0.6 is 0 Å². The van der Waals surface area contributed by atoms with Gasteiger partial charge in [0, 0.05) is 26.1 Å². The van der Waals surface area contributed by atoms with E-state index in [4.69, 9.17) is 0 Å². The molecule has 2 amide bonds. The number of halogens is 3. The van der Waals surface area contributed by atoms with E-state index in [9.17, 15) is 22.8 Å². The molecular formula is C8H11F3N2O3. The van der Waals surface area contributed by atoms with Gasteiger partial charge in [0.15, 0.2) is 6.61 Å². The van der Waals surface area contributed by atoms with Crippen LogP contribution in [0, 0.1) is 0 Å². The van der Waals surface area contributed by atoms with Crippen molar-refractivity contribution in [3.8, 4) is 0 Å². The monoisotopic (exact) mass is 240 g/mol. The van der Waals surface area contributed by atoms with Crippen molar-refractivity contribution < 1.29 is 27.5 Å². The number of ether oxygens (including phenoxy) is 1. The minimum absolute atomic E-state index is 0.0706. The Labute approximate surface area is 89.5 Å². The lowest BCUT2D eigenvalue weighted by molar-refractivity contribution is -0.162. The molecule has 1 fully saturated rings. The van der Waals surface area contributed by atoms with Crippen molar-refractivity contribution in [3.63, 3.8) is 0 Å². The summed E-state index contributed by atoms with van der Waals surface area (Å²) < 4.78 is 39.3. The summed E-state index contributed by atoms with van der Waals surface area (Å²) in [5.74, 6) is -0.230. The van der Waals surface area contributed by atoms with Crippen LogP contribution in [0.3, 0.4) is 0 Å². The molecule has 0 aromatic heterocycles. The third kappa shape index (κ3) is 4.37. The number of nitrogens with zero attached hydrogens (tertiary/aromatic N) is 1. The van der Waals surface area contributed by atoms with Crippen LogP contribution in [0.25, 0.3) is 0 Å².